The number of hydrogen-bond acceptors (Lipinski definition) is 3. The molecule has 5 nitrogen and oxygen atoms in total. The minimum absolute atomic E-state index is 0.119. The molecule has 0 saturated heterocycles. The van der Waals surface area contributed by atoms with Crippen LogP contribution in [-0.2, 0) is 14.8 Å². The standard InChI is InChI=1S/C17H19ClN2O3S/c1-3-19-17(21)12-20(16-11-7-10-15(18)13(16)2)24(22,23)14-8-5-4-6-9-14/h4-11H,3,12H2,1-2H3,(H,19,21). The molecule has 2 rings (SSSR count). The molecule has 0 unspecified atom stereocenters. The number of hydrogen-bond donors (Lipinski definition) is 1. The first-order chi connectivity index (χ1) is 11.4. The van der Waals surface area contributed by atoms with E-state index in [0.29, 0.717) is 22.8 Å². The normalized spacial score (nSPS) is 11.1. The van der Waals surface area contributed by atoms with Crippen molar-refractivity contribution in [3.05, 3.63) is 59.1 Å². The quantitative estimate of drug-likeness (QED) is 0.854. The van der Waals surface area contributed by atoms with Crippen molar-refractivity contribution in [1.82, 2.24) is 5.32 Å². The molecule has 0 bridgehead atoms. The van der Waals surface area contributed by atoms with Crippen LogP contribution < -0.4 is 9.62 Å². The minimum Gasteiger partial charge on any atom is -0.355 e. The molecule has 1 amide bonds. The summed E-state index contributed by atoms with van der Waals surface area (Å²) in [5.41, 5.74) is 0.987. The van der Waals surface area contributed by atoms with Crippen molar-refractivity contribution in [2.45, 2.75) is 18.7 Å². The number of likely N-dealkylation sites (N-methyl/N-ethyl adjacent to an activating group) is 1. The zero-order valence-electron chi connectivity index (χ0n) is 13.5. The Labute approximate surface area is 147 Å². The van der Waals surface area contributed by atoms with Crippen LogP contribution >= 0.6 is 11.6 Å². The molecule has 0 radical (unpaired) electrons. The topological polar surface area (TPSA) is 66.5 Å². The van der Waals surface area contributed by atoms with Gasteiger partial charge in [0.15, 0.2) is 0 Å². The highest BCUT2D eigenvalue weighted by Crippen LogP contribution is 2.30. The number of benzene rings is 2. The van der Waals surface area contributed by atoms with Crippen LogP contribution in [0.2, 0.25) is 5.02 Å². The number of nitrogens with one attached hydrogen (secondary N) is 1. The smallest absolute Gasteiger partial charge is 0.264 e. The van der Waals surface area contributed by atoms with Crippen molar-refractivity contribution in [3.63, 3.8) is 0 Å². The van der Waals surface area contributed by atoms with Crippen LogP contribution in [0.25, 0.3) is 0 Å². The molecule has 0 spiro atoms. The zero-order chi connectivity index (χ0) is 17.7. The van der Waals surface area contributed by atoms with Gasteiger partial charge < -0.3 is 5.32 Å². The Hall–Kier alpha value is -2.05. The number of halogens is 1. The summed E-state index contributed by atoms with van der Waals surface area (Å²) >= 11 is 6.13. The Kier molecular flexibility index (Phi) is 5.85. The maximum absolute atomic E-state index is 13.0. The summed E-state index contributed by atoms with van der Waals surface area (Å²) in [6.45, 7) is 3.61. The van der Waals surface area contributed by atoms with Crippen molar-refractivity contribution in [2.24, 2.45) is 0 Å². The van der Waals surface area contributed by atoms with Gasteiger partial charge in [-0.05, 0) is 43.7 Å². The van der Waals surface area contributed by atoms with Gasteiger partial charge in [-0.2, -0.15) is 0 Å². The Bertz CT molecular complexity index is 823. The van der Waals surface area contributed by atoms with E-state index in [1.165, 1.54) is 12.1 Å². The lowest BCUT2D eigenvalue weighted by molar-refractivity contribution is -0.119. The molecule has 0 atom stereocenters. The predicted octanol–water partition coefficient (Wildman–Crippen LogP) is 2.98. The average molecular weight is 367 g/mol. The van der Waals surface area contributed by atoms with E-state index in [4.69, 9.17) is 11.6 Å². The number of carbonyl (C=O) groups excluding carboxylic acids is 1. The predicted molar refractivity (Wildman–Crippen MR) is 95.8 cm³/mol. The fourth-order valence-electron chi connectivity index (χ4n) is 2.27. The Morgan fingerprint density at radius 2 is 1.79 bits per heavy atom. The lowest BCUT2D eigenvalue weighted by Gasteiger charge is -2.25. The number of amides is 1. The number of sulfonamides is 1. The first-order valence-electron chi connectivity index (χ1n) is 7.47. The van der Waals surface area contributed by atoms with Gasteiger partial charge in [0, 0.05) is 11.6 Å². The van der Waals surface area contributed by atoms with E-state index >= 15 is 0 Å². The monoisotopic (exact) mass is 366 g/mol. The summed E-state index contributed by atoms with van der Waals surface area (Å²) in [5, 5.41) is 3.07. The zero-order valence-corrected chi connectivity index (χ0v) is 15.1. The second-order valence-corrected chi connectivity index (χ2v) is 7.43. The highest BCUT2D eigenvalue weighted by molar-refractivity contribution is 7.92. The molecular weight excluding hydrogens is 348 g/mol. The van der Waals surface area contributed by atoms with E-state index in [1.807, 2.05) is 0 Å². The van der Waals surface area contributed by atoms with E-state index in [9.17, 15) is 13.2 Å². The summed E-state index contributed by atoms with van der Waals surface area (Å²) in [6.07, 6.45) is 0. The second-order valence-electron chi connectivity index (χ2n) is 5.16. The van der Waals surface area contributed by atoms with Gasteiger partial charge in [-0.3, -0.25) is 9.10 Å². The summed E-state index contributed by atoms with van der Waals surface area (Å²) in [4.78, 5) is 12.2. The largest absolute Gasteiger partial charge is 0.355 e. The fraction of sp³-hybridized carbons (Fsp3) is 0.235. The Morgan fingerprint density at radius 3 is 2.42 bits per heavy atom. The summed E-state index contributed by atoms with van der Waals surface area (Å²) < 4.78 is 27.2. The van der Waals surface area contributed by atoms with Gasteiger partial charge in [0.2, 0.25) is 5.91 Å². The van der Waals surface area contributed by atoms with Crippen LogP contribution in [0.15, 0.2) is 53.4 Å². The molecule has 7 heteroatoms. The molecule has 0 aliphatic rings. The van der Waals surface area contributed by atoms with Gasteiger partial charge >= 0.3 is 0 Å². The van der Waals surface area contributed by atoms with Crippen molar-refractivity contribution >= 4 is 33.2 Å². The minimum atomic E-state index is -3.89. The van der Waals surface area contributed by atoms with E-state index in [1.54, 1.807) is 50.2 Å². The molecule has 2 aromatic carbocycles. The third-order valence-electron chi connectivity index (χ3n) is 3.50. The molecule has 0 aromatic heterocycles. The van der Waals surface area contributed by atoms with Crippen molar-refractivity contribution in [1.29, 1.82) is 0 Å². The van der Waals surface area contributed by atoms with Gasteiger partial charge in [0.05, 0.1) is 10.6 Å². The van der Waals surface area contributed by atoms with Crippen molar-refractivity contribution in [2.75, 3.05) is 17.4 Å². The molecular formula is C17H19ClN2O3S. The van der Waals surface area contributed by atoms with Crippen molar-refractivity contribution < 1.29 is 13.2 Å². The average Bonchev–Trinajstić information content (AvgIpc) is 2.56. The van der Waals surface area contributed by atoms with Gasteiger partial charge in [-0.25, -0.2) is 8.42 Å². The van der Waals surface area contributed by atoms with E-state index in [0.717, 1.165) is 4.31 Å². The molecule has 0 aliphatic heterocycles. The number of carbonyl (C=O) groups is 1. The maximum atomic E-state index is 13.0. The maximum Gasteiger partial charge on any atom is 0.264 e. The summed E-state index contributed by atoms with van der Waals surface area (Å²) in [7, 11) is -3.89. The lowest BCUT2D eigenvalue weighted by atomic mass is 10.2. The van der Waals surface area contributed by atoms with Gasteiger partial charge in [0.25, 0.3) is 10.0 Å². The highest BCUT2D eigenvalue weighted by Gasteiger charge is 2.28. The molecule has 0 heterocycles. The first kappa shape index (κ1) is 18.3. The van der Waals surface area contributed by atoms with Crippen LogP contribution in [0.1, 0.15) is 12.5 Å². The lowest BCUT2D eigenvalue weighted by Crippen LogP contribution is -2.41. The third kappa shape index (κ3) is 3.88. The number of anilines is 1. The Balaban J connectivity index is 2.55. The van der Waals surface area contributed by atoms with Crippen LogP contribution in [-0.4, -0.2) is 27.4 Å². The molecule has 2 aromatic rings. The summed E-state index contributed by atoms with van der Waals surface area (Å²) in [5.74, 6) is -0.378. The highest BCUT2D eigenvalue weighted by atomic mass is 35.5. The van der Waals surface area contributed by atoms with Gasteiger partial charge in [0.1, 0.15) is 6.54 Å². The molecule has 0 aliphatic carbocycles. The third-order valence-corrected chi connectivity index (χ3v) is 5.68. The number of nitrogens with zero attached hydrogens (tertiary/aromatic N) is 1. The van der Waals surface area contributed by atoms with Gasteiger partial charge in [-0.15, -0.1) is 0 Å². The molecule has 0 fully saturated rings. The Morgan fingerprint density at radius 1 is 1.12 bits per heavy atom. The molecule has 24 heavy (non-hydrogen) atoms. The van der Waals surface area contributed by atoms with Crippen LogP contribution in [0, 0.1) is 6.92 Å². The first-order valence-corrected chi connectivity index (χ1v) is 9.29. The summed E-state index contributed by atoms with van der Waals surface area (Å²) in [6, 6.07) is 13.0. The van der Waals surface area contributed by atoms with Crippen LogP contribution in [0.5, 0.6) is 0 Å². The van der Waals surface area contributed by atoms with E-state index in [2.05, 4.69) is 5.32 Å². The van der Waals surface area contributed by atoms with Crippen LogP contribution in [0.3, 0.4) is 0 Å². The van der Waals surface area contributed by atoms with E-state index in [-0.39, 0.29) is 17.3 Å². The van der Waals surface area contributed by atoms with Crippen molar-refractivity contribution in [3.8, 4) is 0 Å². The number of rotatable bonds is 6. The molecule has 0 saturated carbocycles. The fourth-order valence-corrected chi connectivity index (χ4v) is 3.94. The van der Waals surface area contributed by atoms with E-state index < -0.39 is 10.0 Å². The molecule has 128 valence electrons. The van der Waals surface area contributed by atoms with Crippen LogP contribution in [0.4, 0.5) is 5.69 Å². The second kappa shape index (κ2) is 7.68. The molecule has 1 N–H and O–H groups in total. The SMILES string of the molecule is CCNC(=O)CN(c1cccc(Cl)c1C)S(=O)(=O)c1ccccc1. The van der Waals surface area contributed by atoms with Gasteiger partial charge in [-0.1, -0.05) is 35.9 Å².